The summed E-state index contributed by atoms with van der Waals surface area (Å²) < 4.78 is 0. The van der Waals surface area contributed by atoms with Crippen molar-refractivity contribution in [3.05, 3.63) is 0 Å². The van der Waals surface area contributed by atoms with Gasteiger partial charge >= 0.3 is 35.5 Å². The summed E-state index contributed by atoms with van der Waals surface area (Å²) in [5, 5.41) is 8.85. The van der Waals surface area contributed by atoms with E-state index < -0.39 is 5.97 Å². The van der Waals surface area contributed by atoms with Crippen molar-refractivity contribution in [2.24, 2.45) is 5.92 Å². The van der Waals surface area contributed by atoms with Crippen LogP contribution in [0.5, 0.6) is 0 Å². The van der Waals surface area contributed by atoms with E-state index in [1.165, 1.54) is 0 Å². The van der Waals surface area contributed by atoms with Gasteiger partial charge in [0.2, 0.25) is 0 Å². The Bertz CT molecular complexity index is 192. The van der Waals surface area contributed by atoms with Gasteiger partial charge in [-0.25, -0.2) is 0 Å². The van der Waals surface area contributed by atoms with Crippen molar-refractivity contribution < 1.29 is 14.7 Å². The molecular formula is C11H21NaO3. The van der Waals surface area contributed by atoms with Gasteiger partial charge in [-0.3, -0.25) is 4.79 Å². The molecule has 0 heterocycles. The van der Waals surface area contributed by atoms with Crippen LogP contribution in [0.2, 0.25) is 0 Å². The van der Waals surface area contributed by atoms with Gasteiger partial charge in [-0.1, -0.05) is 19.8 Å². The molecule has 0 aliphatic carbocycles. The molecular weight excluding hydrogens is 203 g/mol. The number of unbranched alkanes of at least 4 members (excludes halogenated alkanes) is 1. The number of ketones is 1. The number of rotatable bonds is 8. The molecule has 0 spiro atoms. The molecule has 0 saturated heterocycles. The molecule has 0 radical (unpaired) electrons. The number of carboxylic acids is 1. The molecule has 1 N–H and O–H groups in total. The van der Waals surface area contributed by atoms with E-state index in [4.69, 9.17) is 5.11 Å². The fourth-order valence-corrected chi connectivity index (χ4v) is 1.50. The van der Waals surface area contributed by atoms with Crippen LogP contribution < -0.4 is 0 Å². The Balaban J connectivity index is 0. The van der Waals surface area contributed by atoms with Crippen LogP contribution in [0, 0.1) is 5.92 Å². The van der Waals surface area contributed by atoms with Crippen LogP contribution in [0.4, 0.5) is 0 Å². The van der Waals surface area contributed by atoms with E-state index in [1.807, 2.05) is 6.92 Å². The summed E-state index contributed by atoms with van der Waals surface area (Å²) in [5.41, 5.74) is 0. The average molecular weight is 224 g/mol. The van der Waals surface area contributed by atoms with Crippen molar-refractivity contribution in [1.29, 1.82) is 0 Å². The maximum atomic E-state index is 10.8. The summed E-state index contributed by atoms with van der Waals surface area (Å²) in [7, 11) is 0. The fraction of sp³-hybridized carbons (Fsp3) is 0.818. The third kappa shape index (κ3) is 10.4. The van der Waals surface area contributed by atoms with E-state index in [0.29, 0.717) is 12.8 Å². The Morgan fingerprint density at radius 1 is 1.20 bits per heavy atom. The molecule has 0 saturated carbocycles. The first kappa shape index (κ1) is 17.5. The van der Waals surface area contributed by atoms with Crippen molar-refractivity contribution in [2.45, 2.75) is 52.4 Å². The first-order valence-electron chi connectivity index (χ1n) is 5.30. The molecule has 4 heteroatoms. The van der Waals surface area contributed by atoms with Crippen LogP contribution >= 0.6 is 0 Å². The zero-order valence-electron chi connectivity index (χ0n) is 9.08. The number of aliphatic carboxylic acids is 1. The van der Waals surface area contributed by atoms with Crippen LogP contribution in [-0.2, 0) is 9.59 Å². The minimum absolute atomic E-state index is 0. The predicted octanol–water partition coefficient (Wildman–Crippen LogP) is 1.99. The zero-order chi connectivity index (χ0) is 11.0. The molecule has 0 aromatic rings. The van der Waals surface area contributed by atoms with Gasteiger partial charge in [-0.05, 0) is 26.2 Å². The van der Waals surface area contributed by atoms with Crippen molar-refractivity contribution in [2.75, 3.05) is 0 Å². The molecule has 0 unspecified atom stereocenters. The third-order valence-electron chi connectivity index (χ3n) is 2.32. The molecule has 3 nitrogen and oxygen atoms in total. The van der Waals surface area contributed by atoms with Crippen LogP contribution in [0.3, 0.4) is 0 Å². The normalized spacial score (nSPS) is 11.6. The first-order chi connectivity index (χ1) is 6.57. The second kappa shape index (κ2) is 10.7. The fourth-order valence-electron chi connectivity index (χ4n) is 1.50. The summed E-state index contributed by atoms with van der Waals surface area (Å²) in [5.74, 6) is -0.728. The Morgan fingerprint density at radius 3 is 2.20 bits per heavy atom. The van der Waals surface area contributed by atoms with Gasteiger partial charge in [-0.2, -0.15) is 0 Å². The van der Waals surface area contributed by atoms with Crippen LogP contribution in [0.1, 0.15) is 52.4 Å². The Kier molecular flexibility index (Phi) is 12.4. The standard InChI is InChI=1S/C11H20O3.Na.H/c1-3-6-10(11(13)14)8-5-4-7-9(2)12;;/h10H,3-8H2,1-2H3,(H,13,14);;/t10-;;/m1../s1. The van der Waals surface area contributed by atoms with Gasteiger partial charge < -0.3 is 9.90 Å². The molecule has 0 fully saturated rings. The van der Waals surface area contributed by atoms with E-state index in [0.717, 1.165) is 25.7 Å². The Hall–Kier alpha value is 0.140. The summed E-state index contributed by atoms with van der Waals surface area (Å²) in [6, 6.07) is 0. The Labute approximate surface area is 114 Å². The molecule has 0 aromatic carbocycles. The average Bonchev–Trinajstić information content (AvgIpc) is 2.09. The molecule has 0 amide bonds. The van der Waals surface area contributed by atoms with E-state index in [-0.39, 0.29) is 41.3 Å². The number of hydrogen-bond donors (Lipinski definition) is 1. The number of carbonyl (C=O) groups excluding carboxylic acids is 1. The van der Waals surface area contributed by atoms with E-state index in [1.54, 1.807) is 6.92 Å². The molecule has 0 bridgehead atoms. The quantitative estimate of drug-likeness (QED) is 0.506. The van der Waals surface area contributed by atoms with Crippen LogP contribution in [0.25, 0.3) is 0 Å². The van der Waals surface area contributed by atoms with Crippen molar-refractivity contribution in [1.82, 2.24) is 0 Å². The molecule has 0 aromatic heterocycles. The summed E-state index contributed by atoms with van der Waals surface area (Å²) >= 11 is 0. The van der Waals surface area contributed by atoms with Gasteiger partial charge in [0.1, 0.15) is 5.78 Å². The maximum absolute atomic E-state index is 10.8. The second-order valence-electron chi connectivity index (χ2n) is 3.77. The molecule has 0 aliphatic rings. The van der Waals surface area contributed by atoms with Gasteiger partial charge in [0, 0.05) is 6.42 Å². The van der Waals surface area contributed by atoms with E-state index in [9.17, 15) is 9.59 Å². The molecule has 84 valence electrons. The second-order valence-corrected chi connectivity index (χ2v) is 3.77. The molecule has 0 rings (SSSR count). The van der Waals surface area contributed by atoms with Crippen molar-refractivity contribution in [3.8, 4) is 0 Å². The summed E-state index contributed by atoms with van der Waals surface area (Å²) in [6.45, 7) is 3.56. The van der Waals surface area contributed by atoms with Gasteiger partial charge in [-0.15, -0.1) is 0 Å². The monoisotopic (exact) mass is 224 g/mol. The molecule has 1 atom stereocenters. The molecule has 15 heavy (non-hydrogen) atoms. The number of Topliss-reactive ketones (excluding diaryl/α,β-unsaturated/α-hetero) is 1. The predicted molar refractivity (Wildman–Crippen MR) is 62.3 cm³/mol. The number of carboxylic acid groups (broad SMARTS) is 1. The van der Waals surface area contributed by atoms with Gasteiger partial charge in [0.25, 0.3) is 0 Å². The number of carbonyl (C=O) groups is 2. The van der Waals surface area contributed by atoms with E-state index in [2.05, 4.69) is 0 Å². The Morgan fingerprint density at radius 2 is 1.80 bits per heavy atom. The van der Waals surface area contributed by atoms with Gasteiger partial charge in [0.05, 0.1) is 5.92 Å². The number of hydrogen-bond acceptors (Lipinski definition) is 2. The van der Waals surface area contributed by atoms with Crippen LogP contribution in [-0.4, -0.2) is 46.4 Å². The van der Waals surface area contributed by atoms with E-state index >= 15 is 0 Å². The van der Waals surface area contributed by atoms with Crippen molar-refractivity contribution in [3.63, 3.8) is 0 Å². The van der Waals surface area contributed by atoms with Gasteiger partial charge in [0.15, 0.2) is 0 Å². The first-order valence-corrected chi connectivity index (χ1v) is 5.30. The third-order valence-corrected chi connectivity index (χ3v) is 2.32. The van der Waals surface area contributed by atoms with Crippen LogP contribution in [0.15, 0.2) is 0 Å². The topological polar surface area (TPSA) is 54.4 Å². The van der Waals surface area contributed by atoms with Crippen molar-refractivity contribution >= 4 is 41.3 Å². The zero-order valence-corrected chi connectivity index (χ0v) is 9.08. The summed E-state index contributed by atoms with van der Waals surface area (Å²) in [4.78, 5) is 21.4. The SMILES string of the molecule is CCC[C@H](CCCCC(C)=O)C(=O)O.[NaH]. The summed E-state index contributed by atoms with van der Waals surface area (Å²) in [6.07, 6.45) is 4.60. The minimum atomic E-state index is -0.699. The molecule has 0 aliphatic heterocycles.